The second-order valence-corrected chi connectivity index (χ2v) is 9.81. The highest BCUT2D eigenvalue weighted by Crippen LogP contribution is 2.53. The average Bonchev–Trinajstić information content (AvgIpc) is 3.10. The third-order valence-electron chi connectivity index (χ3n) is 6.95. The molecule has 0 saturated carbocycles. The third kappa shape index (κ3) is 3.63. The molecule has 1 atom stereocenters. The highest BCUT2D eigenvalue weighted by atomic mass is 79.9. The van der Waals surface area contributed by atoms with Gasteiger partial charge >= 0.3 is 0 Å². The maximum atomic E-state index is 6.11. The van der Waals surface area contributed by atoms with E-state index in [1.807, 2.05) is 0 Å². The fraction of sp³-hybridized carbons (Fsp3) is 0.161. The van der Waals surface area contributed by atoms with Gasteiger partial charge < -0.3 is 4.74 Å². The lowest BCUT2D eigenvalue weighted by Gasteiger charge is -2.27. The minimum atomic E-state index is -0.295. The number of halogens is 1. The summed E-state index contributed by atoms with van der Waals surface area (Å²) in [6.07, 6.45) is 3.04. The molecule has 1 aliphatic rings. The molecule has 5 rings (SSSR count). The fourth-order valence-electron chi connectivity index (χ4n) is 4.93. The van der Waals surface area contributed by atoms with Gasteiger partial charge in [0.1, 0.15) is 11.5 Å². The van der Waals surface area contributed by atoms with Crippen molar-refractivity contribution in [1.82, 2.24) is 0 Å². The summed E-state index contributed by atoms with van der Waals surface area (Å²) in [6.45, 7) is 10.8. The van der Waals surface area contributed by atoms with Crippen LogP contribution in [0.5, 0.6) is 5.75 Å². The van der Waals surface area contributed by atoms with Gasteiger partial charge in [0, 0.05) is 10.0 Å². The second kappa shape index (κ2) is 8.35. The molecule has 164 valence electrons. The molecule has 0 radical (unpaired) electrons. The number of hydrogen-bond donors (Lipinski definition) is 0. The minimum Gasteiger partial charge on any atom is -0.461 e. The van der Waals surface area contributed by atoms with Gasteiger partial charge in [0.2, 0.25) is 0 Å². The van der Waals surface area contributed by atoms with E-state index in [0.29, 0.717) is 0 Å². The molecule has 1 unspecified atom stereocenters. The van der Waals surface area contributed by atoms with Crippen LogP contribution in [-0.4, -0.2) is 0 Å². The van der Waals surface area contributed by atoms with Gasteiger partial charge in [0.05, 0.1) is 5.41 Å². The van der Waals surface area contributed by atoms with Crippen molar-refractivity contribution >= 4 is 32.3 Å². The molecule has 0 N–H and O–H groups in total. The van der Waals surface area contributed by atoms with Crippen molar-refractivity contribution in [3.05, 3.63) is 118 Å². The van der Waals surface area contributed by atoms with E-state index in [1.165, 1.54) is 44.2 Å². The van der Waals surface area contributed by atoms with Crippen molar-refractivity contribution in [2.45, 2.75) is 32.6 Å². The molecule has 1 nitrogen and oxygen atoms in total. The van der Waals surface area contributed by atoms with E-state index in [0.717, 1.165) is 22.4 Å². The van der Waals surface area contributed by atoms with Crippen LogP contribution in [0.2, 0.25) is 0 Å². The smallest absolute Gasteiger partial charge is 0.132 e. The van der Waals surface area contributed by atoms with E-state index in [-0.39, 0.29) is 5.41 Å². The van der Waals surface area contributed by atoms with Gasteiger partial charge in [-0.3, -0.25) is 0 Å². The molecule has 33 heavy (non-hydrogen) atoms. The van der Waals surface area contributed by atoms with E-state index in [2.05, 4.69) is 128 Å². The van der Waals surface area contributed by atoms with Crippen molar-refractivity contribution in [3.8, 4) is 16.9 Å². The normalized spacial score (nSPS) is 17.8. The van der Waals surface area contributed by atoms with Gasteiger partial charge in [-0.2, -0.15) is 0 Å². The molecule has 1 aliphatic heterocycles. The van der Waals surface area contributed by atoms with Gasteiger partial charge in [-0.05, 0) is 71.9 Å². The Morgan fingerprint density at radius 3 is 2.45 bits per heavy atom. The lowest BCUT2D eigenvalue weighted by atomic mass is 9.75. The van der Waals surface area contributed by atoms with Crippen molar-refractivity contribution in [2.24, 2.45) is 0 Å². The summed E-state index contributed by atoms with van der Waals surface area (Å²) in [4.78, 5) is 0. The predicted octanol–water partition coefficient (Wildman–Crippen LogP) is 9.24. The molecular formula is C31H27BrO. The van der Waals surface area contributed by atoms with Gasteiger partial charge in [-0.1, -0.05) is 101 Å². The van der Waals surface area contributed by atoms with Gasteiger partial charge in [0.25, 0.3) is 0 Å². The van der Waals surface area contributed by atoms with E-state index >= 15 is 0 Å². The summed E-state index contributed by atoms with van der Waals surface area (Å²) in [5.41, 5.74) is 7.12. The average molecular weight is 495 g/mol. The molecular weight excluding hydrogens is 468 g/mol. The molecule has 0 bridgehead atoms. The van der Waals surface area contributed by atoms with E-state index in [4.69, 9.17) is 4.74 Å². The van der Waals surface area contributed by atoms with Crippen LogP contribution in [0, 0.1) is 6.92 Å². The minimum absolute atomic E-state index is 0.295. The lowest BCUT2D eigenvalue weighted by molar-refractivity contribution is 0.385. The number of rotatable bonds is 4. The van der Waals surface area contributed by atoms with E-state index in [9.17, 15) is 0 Å². The molecule has 2 heteroatoms. The first-order chi connectivity index (χ1) is 15.9. The number of fused-ring (bicyclic) bond motifs is 2. The van der Waals surface area contributed by atoms with Crippen molar-refractivity contribution in [1.29, 1.82) is 0 Å². The van der Waals surface area contributed by atoms with Gasteiger partial charge in [-0.25, -0.2) is 0 Å². The first-order valence-corrected chi connectivity index (χ1v) is 12.1. The quantitative estimate of drug-likeness (QED) is 0.274. The predicted molar refractivity (Wildman–Crippen MR) is 144 cm³/mol. The van der Waals surface area contributed by atoms with E-state index in [1.54, 1.807) is 0 Å². The van der Waals surface area contributed by atoms with Crippen LogP contribution >= 0.6 is 15.9 Å². The number of benzene rings is 4. The Hall–Kier alpha value is -3.10. The van der Waals surface area contributed by atoms with Crippen LogP contribution < -0.4 is 4.74 Å². The second-order valence-electron chi connectivity index (χ2n) is 9.02. The zero-order chi connectivity index (χ0) is 23.2. The summed E-state index contributed by atoms with van der Waals surface area (Å²) in [5, 5.41) is 2.54. The summed E-state index contributed by atoms with van der Waals surface area (Å²) < 4.78 is 7.22. The first kappa shape index (κ1) is 21.7. The molecule has 0 amide bonds. The lowest BCUT2D eigenvalue weighted by Crippen LogP contribution is -2.22. The molecule has 0 spiro atoms. The van der Waals surface area contributed by atoms with Gasteiger partial charge in [0.15, 0.2) is 0 Å². The molecule has 0 fully saturated rings. The molecule has 0 aliphatic carbocycles. The van der Waals surface area contributed by atoms with Crippen LogP contribution in [0.25, 0.3) is 27.5 Å². The molecule has 0 saturated heterocycles. The molecule has 1 heterocycles. The van der Waals surface area contributed by atoms with Crippen LogP contribution in [0.4, 0.5) is 0 Å². The van der Waals surface area contributed by atoms with Crippen LogP contribution in [0.3, 0.4) is 0 Å². The Morgan fingerprint density at radius 2 is 1.70 bits per heavy atom. The summed E-state index contributed by atoms with van der Waals surface area (Å²) in [6, 6.07) is 28.1. The Labute approximate surface area is 204 Å². The molecule has 4 aromatic carbocycles. The van der Waals surface area contributed by atoms with Gasteiger partial charge in [-0.15, -0.1) is 0 Å². The summed E-state index contributed by atoms with van der Waals surface area (Å²) in [5.74, 6) is 1.71. The largest absolute Gasteiger partial charge is 0.461 e. The Balaban J connectivity index is 1.49. The third-order valence-corrected chi connectivity index (χ3v) is 7.97. The number of hydrogen-bond acceptors (Lipinski definition) is 1. The highest BCUT2D eigenvalue weighted by molar-refractivity contribution is 9.10. The van der Waals surface area contributed by atoms with Crippen LogP contribution in [0.15, 0.2) is 102 Å². The SMILES string of the molecule is C=C1Oc2ccc(C)c(Br)c2C1(C)C/C(=C\C)c1ccc(-c2cccc3ccccc23)cc1. The number of ether oxygens (including phenoxy) is 1. The summed E-state index contributed by atoms with van der Waals surface area (Å²) in [7, 11) is 0. The highest BCUT2D eigenvalue weighted by Gasteiger charge is 2.42. The zero-order valence-electron chi connectivity index (χ0n) is 19.3. The van der Waals surface area contributed by atoms with Crippen molar-refractivity contribution in [2.75, 3.05) is 0 Å². The van der Waals surface area contributed by atoms with Crippen LogP contribution in [-0.2, 0) is 5.41 Å². The Kier molecular flexibility index (Phi) is 5.50. The Morgan fingerprint density at radius 1 is 0.970 bits per heavy atom. The monoisotopic (exact) mass is 494 g/mol. The molecule has 4 aromatic rings. The zero-order valence-corrected chi connectivity index (χ0v) is 20.9. The van der Waals surface area contributed by atoms with Crippen molar-refractivity contribution < 1.29 is 4.74 Å². The Bertz CT molecular complexity index is 1410. The van der Waals surface area contributed by atoms with Crippen LogP contribution in [0.1, 0.15) is 37.0 Å². The summed E-state index contributed by atoms with van der Waals surface area (Å²) >= 11 is 3.82. The van der Waals surface area contributed by atoms with Crippen molar-refractivity contribution in [3.63, 3.8) is 0 Å². The number of allylic oxidation sites excluding steroid dienone is 3. The fourth-order valence-corrected chi connectivity index (χ4v) is 5.69. The maximum Gasteiger partial charge on any atom is 0.132 e. The topological polar surface area (TPSA) is 9.23 Å². The first-order valence-electron chi connectivity index (χ1n) is 11.3. The van der Waals surface area contributed by atoms with E-state index < -0.39 is 0 Å². The standard InChI is InChI=1S/C31H27BrO/c1-5-22(19-31(4)21(3)33-28-18-13-20(2)30(32)29(28)31)23-14-16-25(17-15-23)27-12-8-10-24-9-6-7-11-26(24)27/h5-18H,3,19H2,1-2,4H3/b22-5+. The molecule has 0 aromatic heterocycles. The maximum absolute atomic E-state index is 6.11. The number of aryl methyl sites for hydroxylation is 1.